The number of fused-ring (bicyclic) bond motifs is 1. The zero-order valence-corrected chi connectivity index (χ0v) is 19.7. The second-order valence-electron chi connectivity index (χ2n) is 8.06. The summed E-state index contributed by atoms with van der Waals surface area (Å²) in [4.78, 5) is 28.7. The number of benzene rings is 2. The van der Waals surface area contributed by atoms with Crippen molar-refractivity contribution >= 4 is 28.4 Å². The van der Waals surface area contributed by atoms with Gasteiger partial charge in [0.05, 0.1) is 35.2 Å². The molecule has 0 saturated heterocycles. The first-order valence-corrected chi connectivity index (χ1v) is 11.1. The summed E-state index contributed by atoms with van der Waals surface area (Å²) in [6.45, 7) is 5.62. The van der Waals surface area contributed by atoms with Crippen LogP contribution >= 0.6 is 0 Å². The molecular formula is C26H23N7O3. The van der Waals surface area contributed by atoms with Crippen LogP contribution in [0.5, 0.6) is 11.5 Å². The molecule has 3 aromatic heterocycles. The predicted molar refractivity (Wildman–Crippen MR) is 135 cm³/mol. The number of nitrogens with one attached hydrogen (secondary N) is 2. The zero-order valence-electron chi connectivity index (χ0n) is 19.7. The number of imidazole rings is 1. The Morgan fingerprint density at radius 3 is 2.94 bits per heavy atom. The maximum atomic E-state index is 11.4. The van der Waals surface area contributed by atoms with E-state index in [2.05, 4.69) is 37.1 Å². The molecule has 2 N–H and O–H groups in total. The monoisotopic (exact) mass is 481 g/mol. The number of amides is 1. The average Bonchev–Trinajstić information content (AvgIpc) is 3.51. The maximum Gasteiger partial charge on any atom is 0.243 e. The van der Waals surface area contributed by atoms with E-state index < -0.39 is 0 Å². The van der Waals surface area contributed by atoms with E-state index in [0.29, 0.717) is 28.7 Å². The van der Waals surface area contributed by atoms with Gasteiger partial charge in [0.15, 0.2) is 0 Å². The van der Waals surface area contributed by atoms with Gasteiger partial charge in [-0.3, -0.25) is 4.79 Å². The lowest BCUT2D eigenvalue weighted by Crippen LogP contribution is -2.20. The van der Waals surface area contributed by atoms with E-state index in [1.165, 1.54) is 18.7 Å². The van der Waals surface area contributed by atoms with Crippen LogP contribution in [-0.2, 0) is 18.4 Å². The Balaban J connectivity index is 1.32. The minimum absolute atomic E-state index is 0.221. The summed E-state index contributed by atoms with van der Waals surface area (Å²) < 4.78 is 13.7. The van der Waals surface area contributed by atoms with Gasteiger partial charge in [0.25, 0.3) is 0 Å². The van der Waals surface area contributed by atoms with Crippen molar-refractivity contribution in [3.05, 3.63) is 85.4 Å². The summed E-state index contributed by atoms with van der Waals surface area (Å²) in [5.74, 6) is 2.03. The third kappa shape index (κ3) is 4.78. The largest absolute Gasteiger partial charge is 0.457 e. The van der Waals surface area contributed by atoms with Crippen LogP contribution in [0.1, 0.15) is 11.3 Å². The van der Waals surface area contributed by atoms with Gasteiger partial charge in [-0.1, -0.05) is 6.58 Å². The van der Waals surface area contributed by atoms with Gasteiger partial charge in [-0.05, 0) is 48.9 Å². The minimum atomic E-state index is -0.287. The molecule has 0 aliphatic heterocycles. The average molecular weight is 482 g/mol. The van der Waals surface area contributed by atoms with Gasteiger partial charge in [-0.2, -0.15) is 0 Å². The standard InChI is InChI=1S/C26H23N7O3/c1-4-24(34)28-11-18-13-35-26(32-18)20-12-27-14-29-25(20)31-17-5-8-23(16(2)9-17)36-19-6-7-22-21(10-19)30-15-33(22)3/h4-10,12-15H,1,11H2,2-3H3,(H,28,34)(H,27,29,31). The molecule has 2 aromatic carbocycles. The predicted octanol–water partition coefficient (Wildman–Crippen LogP) is 4.66. The third-order valence-corrected chi connectivity index (χ3v) is 5.49. The normalized spacial score (nSPS) is 10.8. The fraction of sp³-hybridized carbons (Fsp3) is 0.115. The molecule has 1 amide bonds. The topological polar surface area (TPSA) is 120 Å². The molecule has 0 saturated carbocycles. The van der Waals surface area contributed by atoms with E-state index in [1.807, 2.05) is 54.9 Å². The highest BCUT2D eigenvalue weighted by Gasteiger charge is 2.14. The Morgan fingerprint density at radius 2 is 2.11 bits per heavy atom. The van der Waals surface area contributed by atoms with Crippen molar-refractivity contribution in [1.82, 2.24) is 29.8 Å². The molecule has 36 heavy (non-hydrogen) atoms. The van der Waals surface area contributed by atoms with Crippen LogP contribution in [0.25, 0.3) is 22.5 Å². The molecule has 0 bridgehead atoms. The van der Waals surface area contributed by atoms with Crippen molar-refractivity contribution in [1.29, 1.82) is 0 Å². The maximum absolute atomic E-state index is 11.4. The Hall–Kier alpha value is -4.99. The van der Waals surface area contributed by atoms with E-state index >= 15 is 0 Å². The summed E-state index contributed by atoms with van der Waals surface area (Å²) in [7, 11) is 1.96. The molecule has 5 rings (SSSR count). The fourth-order valence-corrected chi connectivity index (χ4v) is 3.63. The molecule has 0 atom stereocenters. The van der Waals surface area contributed by atoms with Crippen molar-refractivity contribution in [3.63, 3.8) is 0 Å². The summed E-state index contributed by atoms with van der Waals surface area (Å²) in [5, 5.41) is 5.96. The molecule has 10 heteroatoms. The molecule has 0 unspecified atom stereocenters. The van der Waals surface area contributed by atoms with E-state index in [-0.39, 0.29) is 12.5 Å². The second-order valence-corrected chi connectivity index (χ2v) is 8.06. The number of hydrogen-bond donors (Lipinski definition) is 2. The lowest BCUT2D eigenvalue weighted by molar-refractivity contribution is -0.116. The number of anilines is 2. The lowest BCUT2D eigenvalue weighted by atomic mass is 10.2. The highest BCUT2D eigenvalue weighted by Crippen LogP contribution is 2.32. The van der Waals surface area contributed by atoms with Gasteiger partial charge < -0.3 is 24.4 Å². The minimum Gasteiger partial charge on any atom is -0.457 e. The molecule has 3 heterocycles. The Morgan fingerprint density at radius 1 is 1.22 bits per heavy atom. The van der Waals surface area contributed by atoms with Gasteiger partial charge in [0.1, 0.15) is 29.9 Å². The molecule has 180 valence electrons. The van der Waals surface area contributed by atoms with Crippen LogP contribution < -0.4 is 15.4 Å². The Kier molecular flexibility index (Phi) is 6.14. The van der Waals surface area contributed by atoms with Crippen LogP contribution in [-0.4, -0.2) is 30.4 Å². The lowest BCUT2D eigenvalue weighted by Gasteiger charge is -2.12. The first kappa shape index (κ1) is 22.8. The number of carbonyl (C=O) groups is 1. The van der Waals surface area contributed by atoms with Gasteiger partial charge in [-0.15, -0.1) is 0 Å². The van der Waals surface area contributed by atoms with Crippen molar-refractivity contribution < 1.29 is 13.9 Å². The fourth-order valence-electron chi connectivity index (χ4n) is 3.63. The SMILES string of the molecule is C=CC(=O)NCc1coc(-c2cncnc2Nc2ccc(Oc3ccc4c(c3)ncn4C)c(C)c2)n1. The molecule has 0 aliphatic carbocycles. The third-order valence-electron chi connectivity index (χ3n) is 5.49. The Labute approximate surface area is 206 Å². The van der Waals surface area contributed by atoms with E-state index in [9.17, 15) is 4.79 Å². The summed E-state index contributed by atoms with van der Waals surface area (Å²) in [6, 6.07) is 11.6. The highest BCUT2D eigenvalue weighted by atomic mass is 16.5. The van der Waals surface area contributed by atoms with E-state index in [0.717, 1.165) is 28.0 Å². The van der Waals surface area contributed by atoms with Gasteiger partial charge in [0, 0.05) is 25.0 Å². The first-order valence-electron chi connectivity index (χ1n) is 11.1. The van der Waals surface area contributed by atoms with Crippen LogP contribution in [0.2, 0.25) is 0 Å². The number of carbonyl (C=O) groups excluding carboxylic acids is 1. The summed E-state index contributed by atoms with van der Waals surface area (Å²) >= 11 is 0. The molecule has 5 aromatic rings. The Bertz CT molecular complexity index is 1570. The van der Waals surface area contributed by atoms with E-state index in [1.54, 1.807) is 12.5 Å². The van der Waals surface area contributed by atoms with Crippen LogP contribution in [0, 0.1) is 6.92 Å². The van der Waals surface area contributed by atoms with Crippen LogP contribution in [0.3, 0.4) is 0 Å². The molecule has 0 radical (unpaired) electrons. The number of hydrogen-bond acceptors (Lipinski definition) is 8. The van der Waals surface area contributed by atoms with Gasteiger partial charge in [0.2, 0.25) is 11.8 Å². The quantitative estimate of drug-likeness (QED) is 0.307. The summed E-state index contributed by atoms with van der Waals surface area (Å²) in [5.41, 5.74) is 4.81. The molecule has 0 fully saturated rings. The molecule has 10 nitrogen and oxygen atoms in total. The number of nitrogens with zero attached hydrogens (tertiary/aromatic N) is 5. The van der Waals surface area contributed by atoms with Crippen molar-refractivity contribution in [2.24, 2.45) is 7.05 Å². The van der Waals surface area contributed by atoms with E-state index in [4.69, 9.17) is 9.15 Å². The molecule has 0 aliphatic rings. The van der Waals surface area contributed by atoms with Gasteiger partial charge >= 0.3 is 0 Å². The summed E-state index contributed by atoms with van der Waals surface area (Å²) in [6.07, 6.45) is 7.52. The number of aryl methyl sites for hydroxylation is 2. The zero-order chi connectivity index (χ0) is 25.1. The van der Waals surface area contributed by atoms with Crippen molar-refractivity contribution in [2.45, 2.75) is 13.5 Å². The second kappa shape index (κ2) is 9.71. The van der Waals surface area contributed by atoms with Gasteiger partial charge in [-0.25, -0.2) is 19.9 Å². The number of rotatable bonds is 8. The first-order chi connectivity index (χ1) is 17.5. The smallest absolute Gasteiger partial charge is 0.243 e. The molecule has 0 spiro atoms. The van der Waals surface area contributed by atoms with Crippen molar-refractivity contribution in [2.75, 3.05) is 5.32 Å². The number of ether oxygens (including phenoxy) is 1. The van der Waals surface area contributed by atoms with Crippen LogP contribution in [0.4, 0.5) is 11.5 Å². The highest BCUT2D eigenvalue weighted by molar-refractivity contribution is 5.86. The molecular weight excluding hydrogens is 458 g/mol. The number of aromatic nitrogens is 5. The number of oxazole rings is 1. The van der Waals surface area contributed by atoms with Crippen molar-refractivity contribution in [3.8, 4) is 23.0 Å². The van der Waals surface area contributed by atoms with Crippen LogP contribution in [0.15, 0.2) is 78.6 Å².